The molecule has 0 N–H and O–H groups in total. The van der Waals surface area contributed by atoms with Crippen molar-refractivity contribution in [2.45, 2.75) is 17.9 Å². The van der Waals surface area contributed by atoms with Crippen LogP contribution >= 0.6 is 23.5 Å². The van der Waals surface area contributed by atoms with E-state index in [9.17, 15) is 9.59 Å². The lowest BCUT2D eigenvalue weighted by Crippen LogP contribution is -2.38. The molecule has 0 spiro atoms. The van der Waals surface area contributed by atoms with Crippen molar-refractivity contribution in [2.24, 2.45) is 5.92 Å². The smallest absolute Gasteiger partial charge is 0.260 e. The van der Waals surface area contributed by atoms with Crippen LogP contribution in [0.5, 0.6) is 5.75 Å². The second-order valence-electron chi connectivity index (χ2n) is 6.89. The predicted molar refractivity (Wildman–Crippen MR) is 108 cm³/mol. The monoisotopic (exact) mass is 394 g/mol. The van der Waals surface area contributed by atoms with Crippen LogP contribution in [0.15, 0.2) is 24.3 Å². The summed E-state index contributed by atoms with van der Waals surface area (Å²) in [6, 6.07) is 7.70. The van der Waals surface area contributed by atoms with E-state index in [4.69, 9.17) is 4.74 Å². The van der Waals surface area contributed by atoms with E-state index in [1.54, 1.807) is 28.4 Å². The fourth-order valence-corrected chi connectivity index (χ4v) is 6.02. The molecule has 1 atom stereocenters. The molecule has 0 radical (unpaired) electrons. The second-order valence-corrected chi connectivity index (χ2v) is 9.62. The number of carbonyl (C=O) groups is 2. The summed E-state index contributed by atoms with van der Waals surface area (Å²) in [5, 5.41) is 0. The van der Waals surface area contributed by atoms with Gasteiger partial charge in [-0.1, -0.05) is 12.1 Å². The van der Waals surface area contributed by atoms with E-state index < -0.39 is 0 Å². The van der Waals surface area contributed by atoms with Gasteiger partial charge in [0.2, 0.25) is 5.91 Å². The number of ether oxygens (including phenoxy) is 1. The maximum Gasteiger partial charge on any atom is 0.260 e. The van der Waals surface area contributed by atoms with Crippen molar-refractivity contribution in [3.8, 4) is 5.75 Å². The summed E-state index contributed by atoms with van der Waals surface area (Å²) in [6.45, 7) is 4.28. The van der Waals surface area contributed by atoms with Crippen LogP contribution in [0.25, 0.3) is 0 Å². The van der Waals surface area contributed by atoms with Gasteiger partial charge in [-0.15, -0.1) is 23.5 Å². The number of rotatable bonds is 6. The fourth-order valence-electron chi connectivity index (χ4n) is 3.28. The van der Waals surface area contributed by atoms with Gasteiger partial charge < -0.3 is 14.5 Å². The minimum atomic E-state index is -0.0295. The van der Waals surface area contributed by atoms with Gasteiger partial charge in [-0.2, -0.15) is 0 Å². The van der Waals surface area contributed by atoms with Crippen molar-refractivity contribution >= 4 is 35.3 Å². The van der Waals surface area contributed by atoms with Crippen molar-refractivity contribution < 1.29 is 14.3 Å². The van der Waals surface area contributed by atoms with Gasteiger partial charge in [0.15, 0.2) is 6.61 Å². The summed E-state index contributed by atoms with van der Waals surface area (Å²) in [7, 11) is 1.81. The minimum absolute atomic E-state index is 0.0295. The molecule has 7 heteroatoms. The molecule has 0 aliphatic carbocycles. The molecule has 2 aliphatic heterocycles. The molecule has 2 saturated heterocycles. The van der Waals surface area contributed by atoms with Crippen molar-refractivity contribution in [1.29, 1.82) is 0 Å². The van der Waals surface area contributed by atoms with Crippen LogP contribution in [0.4, 0.5) is 0 Å². The zero-order valence-corrected chi connectivity index (χ0v) is 17.0. The summed E-state index contributed by atoms with van der Waals surface area (Å²) >= 11 is 3.51. The Hall–Kier alpha value is -1.34. The minimum Gasteiger partial charge on any atom is -0.484 e. The van der Waals surface area contributed by atoms with Gasteiger partial charge in [0.1, 0.15) is 10.3 Å². The van der Waals surface area contributed by atoms with Crippen molar-refractivity contribution in [2.75, 3.05) is 44.8 Å². The lowest BCUT2D eigenvalue weighted by molar-refractivity contribution is -0.132. The zero-order valence-electron chi connectivity index (χ0n) is 15.3. The third-order valence-corrected chi connectivity index (χ3v) is 7.69. The van der Waals surface area contributed by atoms with E-state index in [2.05, 4.69) is 0 Å². The van der Waals surface area contributed by atoms with Gasteiger partial charge in [-0.3, -0.25) is 9.59 Å². The van der Waals surface area contributed by atoms with Gasteiger partial charge in [0, 0.05) is 38.2 Å². The Kier molecular flexibility index (Phi) is 6.75. The Balaban J connectivity index is 1.42. The first-order valence-electron chi connectivity index (χ1n) is 8.98. The van der Waals surface area contributed by atoms with E-state index in [1.807, 2.05) is 43.1 Å². The maximum absolute atomic E-state index is 12.5. The van der Waals surface area contributed by atoms with E-state index >= 15 is 0 Å². The summed E-state index contributed by atoms with van der Waals surface area (Å²) in [4.78, 5) is 28.5. The number of carbonyl (C=O) groups excluding carboxylic acids is 2. The highest BCUT2D eigenvalue weighted by Gasteiger charge is 2.33. The molecular weight excluding hydrogens is 368 g/mol. The Morgan fingerprint density at radius 2 is 2.08 bits per heavy atom. The summed E-state index contributed by atoms with van der Waals surface area (Å²) in [5.74, 6) is 3.43. The third kappa shape index (κ3) is 5.10. The highest BCUT2D eigenvalue weighted by Crippen LogP contribution is 2.34. The molecule has 0 aromatic heterocycles. The quantitative estimate of drug-likeness (QED) is 0.742. The number of benzene rings is 1. The number of likely N-dealkylation sites (tertiary alicyclic amines) is 1. The Morgan fingerprint density at radius 3 is 2.81 bits per heavy atom. The summed E-state index contributed by atoms with van der Waals surface area (Å²) in [5.41, 5.74) is 1.11. The Labute approximate surface area is 163 Å². The number of hydrogen-bond donors (Lipinski definition) is 0. The van der Waals surface area contributed by atoms with Crippen molar-refractivity contribution in [3.05, 3.63) is 29.8 Å². The topological polar surface area (TPSA) is 49.9 Å². The molecule has 2 heterocycles. The number of amides is 2. The van der Waals surface area contributed by atoms with Crippen LogP contribution < -0.4 is 4.74 Å². The van der Waals surface area contributed by atoms with E-state index in [1.165, 1.54) is 0 Å². The standard InChI is InChI=1S/C19H26N2O3S2/c1-14-4-3-5-16(10-14)24-13-17(22)20(2)11-15-6-7-21(12-15)18(23)19-25-8-9-26-19/h3-5,10,15,19H,6-9,11-13H2,1-2H3. The van der Waals surface area contributed by atoms with Gasteiger partial charge in [-0.25, -0.2) is 0 Å². The number of hydrogen-bond acceptors (Lipinski definition) is 5. The van der Waals surface area contributed by atoms with Gasteiger partial charge in [0.25, 0.3) is 5.91 Å². The van der Waals surface area contributed by atoms with E-state index in [-0.39, 0.29) is 23.0 Å². The van der Waals surface area contributed by atoms with Crippen LogP contribution in [0.2, 0.25) is 0 Å². The van der Waals surface area contributed by atoms with Crippen LogP contribution in [-0.4, -0.2) is 71.0 Å². The fraction of sp³-hybridized carbons (Fsp3) is 0.579. The SMILES string of the molecule is Cc1cccc(OCC(=O)N(C)CC2CCN(C(=O)C3SCCS3)C2)c1. The highest BCUT2D eigenvalue weighted by atomic mass is 32.2. The van der Waals surface area contributed by atoms with Crippen molar-refractivity contribution in [3.63, 3.8) is 0 Å². The molecule has 26 heavy (non-hydrogen) atoms. The predicted octanol–water partition coefficient (Wildman–Crippen LogP) is 2.49. The number of likely N-dealkylation sites (N-methyl/N-ethyl adjacent to an activating group) is 1. The van der Waals surface area contributed by atoms with Crippen LogP contribution in [0.3, 0.4) is 0 Å². The molecule has 2 aliphatic rings. The largest absolute Gasteiger partial charge is 0.484 e. The molecule has 1 unspecified atom stereocenters. The normalized spacial score (nSPS) is 20.4. The second kappa shape index (κ2) is 9.04. The first-order chi connectivity index (χ1) is 12.5. The number of nitrogens with zero attached hydrogens (tertiary/aromatic N) is 2. The molecule has 1 aromatic carbocycles. The molecule has 142 valence electrons. The van der Waals surface area contributed by atoms with Crippen LogP contribution in [0, 0.1) is 12.8 Å². The molecule has 3 rings (SSSR count). The van der Waals surface area contributed by atoms with E-state index in [0.29, 0.717) is 12.5 Å². The molecule has 0 bridgehead atoms. The zero-order chi connectivity index (χ0) is 18.5. The average Bonchev–Trinajstić information content (AvgIpc) is 3.31. The lowest BCUT2D eigenvalue weighted by Gasteiger charge is -2.23. The first-order valence-corrected chi connectivity index (χ1v) is 11.1. The Bertz CT molecular complexity index is 649. The maximum atomic E-state index is 12.5. The molecule has 0 saturated carbocycles. The van der Waals surface area contributed by atoms with Crippen LogP contribution in [-0.2, 0) is 9.59 Å². The molecular formula is C19H26N2O3S2. The van der Waals surface area contributed by atoms with Crippen LogP contribution in [0.1, 0.15) is 12.0 Å². The van der Waals surface area contributed by atoms with Gasteiger partial charge >= 0.3 is 0 Å². The number of aryl methyl sites for hydroxylation is 1. The highest BCUT2D eigenvalue weighted by molar-refractivity contribution is 8.21. The first kappa shape index (κ1) is 19.4. The molecule has 2 amide bonds. The number of thioether (sulfide) groups is 2. The third-order valence-electron chi connectivity index (χ3n) is 4.73. The van der Waals surface area contributed by atoms with Crippen molar-refractivity contribution in [1.82, 2.24) is 9.80 Å². The average molecular weight is 395 g/mol. The molecule has 2 fully saturated rings. The Morgan fingerprint density at radius 1 is 1.31 bits per heavy atom. The summed E-state index contributed by atoms with van der Waals surface area (Å²) in [6.07, 6.45) is 0.962. The van der Waals surface area contributed by atoms with Gasteiger partial charge in [0.05, 0.1) is 0 Å². The molecule has 5 nitrogen and oxygen atoms in total. The summed E-state index contributed by atoms with van der Waals surface area (Å²) < 4.78 is 5.68. The van der Waals surface area contributed by atoms with E-state index in [0.717, 1.165) is 42.3 Å². The van der Waals surface area contributed by atoms with Gasteiger partial charge in [-0.05, 0) is 37.0 Å². The molecule has 1 aromatic rings. The lowest BCUT2D eigenvalue weighted by atomic mass is 10.1.